The van der Waals surface area contributed by atoms with Gasteiger partial charge in [0.2, 0.25) is 5.91 Å². The van der Waals surface area contributed by atoms with Crippen LogP contribution in [0.2, 0.25) is 5.02 Å². The molecule has 0 aliphatic carbocycles. The van der Waals surface area contributed by atoms with E-state index in [1.54, 1.807) is 12.1 Å². The van der Waals surface area contributed by atoms with Gasteiger partial charge < -0.3 is 15.5 Å². The number of hydrogen-bond acceptors (Lipinski definition) is 4. The number of carboxylic acids is 2. The molecule has 0 spiro atoms. The third-order valence-electron chi connectivity index (χ3n) is 3.89. The Kier molecular flexibility index (Phi) is 7.34. The minimum atomic E-state index is -1.82. The molecule has 8 heteroatoms. The first kappa shape index (κ1) is 20.4. The number of carboxylic acid groups (broad SMARTS) is 2. The largest absolute Gasteiger partial charge is 0.473 e. The van der Waals surface area contributed by atoms with Crippen molar-refractivity contribution in [1.29, 1.82) is 0 Å². The number of fused-ring (bicyclic) bond motifs is 1. The van der Waals surface area contributed by atoms with Crippen LogP contribution >= 0.6 is 11.6 Å². The van der Waals surface area contributed by atoms with E-state index in [2.05, 4.69) is 34.5 Å². The Balaban J connectivity index is 0.000000380. The number of hydrogen-bond donors (Lipinski definition) is 3. The molecule has 3 N–H and O–H groups in total. The van der Waals surface area contributed by atoms with Gasteiger partial charge in [-0.2, -0.15) is 0 Å². The minimum Gasteiger partial charge on any atom is -0.473 e. The molecule has 0 radical (unpaired) electrons. The first-order valence-corrected chi connectivity index (χ1v) is 8.53. The average molecular weight is 391 g/mol. The van der Waals surface area contributed by atoms with E-state index >= 15 is 0 Å². The van der Waals surface area contributed by atoms with Crippen molar-refractivity contribution in [3.63, 3.8) is 0 Å². The van der Waals surface area contributed by atoms with E-state index in [1.165, 1.54) is 11.1 Å². The van der Waals surface area contributed by atoms with Crippen LogP contribution in [0.15, 0.2) is 48.5 Å². The molecule has 0 aromatic heterocycles. The van der Waals surface area contributed by atoms with Crippen LogP contribution < -0.4 is 5.32 Å². The molecule has 7 nitrogen and oxygen atoms in total. The van der Waals surface area contributed by atoms with E-state index in [9.17, 15) is 4.79 Å². The highest BCUT2D eigenvalue weighted by molar-refractivity contribution is 6.30. The van der Waals surface area contributed by atoms with Gasteiger partial charge in [0.05, 0.1) is 6.54 Å². The quantitative estimate of drug-likeness (QED) is 0.695. The van der Waals surface area contributed by atoms with Crippen LogP contribution in [-0.4, -0.2) is 46.0 Å². The molecule has 2 aromatic rings. The van der Waals surface area contributed by atoms with Gasteiger partial charge >= 0.3 is 11.9 Å². The molecule has 2 aromatic carbocycles. The number of halogens is 1. The van der Waals surface area contributed by atoms with Crippen LogP contribution in [0.25, 0.3) is 0 Å². The number of carbonyl (C=O) groups excluding carboxylic acids is 1. The summed E-state index contributed by atoms with van der Waals surface area (Å²) in [5.74, 6) is -3.64. The van der Waals surface area contributed by atoms with E-state index in [4.69, 9.17) is 31.4 Å². The first-order chi connectivity index (χ1) is 12.8. The second kappa shape index (κ2) is 9.70. The molecule has 3 rings (SSSR count). The van der Waals surface area contributed by atoms with Gasteiger partial charge in [0.15, 0.2) is 0 Å². The predicted octanol–water partition coefficient (Wildman–Crippen LogP) is 2.49. The number of nitrogens with zero attached hydrogens (tertiary/aromatic N) is 1. The lowest BCUT2D eigenvalue weighted by atomic mass is 10.00. The van der Waals surface area contributed by atoms with Gasteiger partial charge in [0.25, 0.3) is 0 Å². The van der Waals surface area contributed by atoms with Crippen molar-refractivity contribution >= 4 is 35.1 Å². The van der Waals surface area contributed by atoms with Gasteiger partial charge in [0, 0.05) is 23.8 Å². The summed E-state index contributed by atoms with van der Waals surface area (Å²) >= 11 is 5.83. The number of anilines is 1. The van der Waals surface area contributed by atoms with Crippen LogP contribution in [0.1, 0.15) is 11.1 Å². The van der Waals surface area contributed by atoms with Gasteiger partial charge in [-0.3, -0.25) is 9.69 Å². The second-order valence-corrected chi connectivity index (χ2v) is 6.33. The van der Waals surface area contributed by atoms with Crippen LogP contribution in [0.4, 0.5) is 5.69 Å². The van der Waals surface area contributed by atoms with Crippen LogP contribution in [0.3, 0.4) is 0 Å². The van der Waals surface area contributed by atoms with E-state index in [1.807, 2.05) is 12.1 Å². The summed E-state index contributed by atoms with van der Waals surface area (Å²) in [7, 11) is 0. The monoisotopic (exact) mass is 390 g/mol. The summed E-state index contributed by atoms with van der Waals surface area (Å²) < 4.78 is 0. The van der Waals surface area contributed by atoms with Gasteiger partial charge in [-0.05, 0) is 41.8 Å². The summed E-state index contributed by atoms with van der Waals surface area (Å²) in [6.45, 7) is 2.17. The fourth-order valence-corrected chi connectivity index (χ4v) is 2.75. The highest BCUT2D eigenvalue weighted by Crippen LogP contribution is 2.18. The predicted molar refractivity (Wildman–Crippen MR) is 101 cm³/mol. The number of aliphatic carboxylic acids is 2. The highest BCUT2D eigenvalue weighted by atomic mass is 35.5. The molecule has 0 fully saturated rings. The number of carbonyl (C=O) groups is 3. The SMILES string of the molecule is O=C(CN1CCc2ccccc2C1)Nc1ccc(Cl)cc1.O=C(O)C(=O)O. The first-order valence-electron chi connectivity index (χ1n) is 8.16. The maximum absolute atomic E-state index is 12.1. The highest BCUT2D eigenvalue weighted by Gasteiger charge is 2.17. The molecular formula is C19H19ClN2O5. The molecule has 0 saturated carbocycles. The van der Waals surface area contributed by atoms with Crippen molar-refractivity contribution in [3.05, 3.63) is 64.7 Å². The average Bonchev–Trinajstić information content (AvgIpc) is 2.64. The van der Waals surface area contributed by atoms with Gasteiger partial charge in [-0.1, -0.05) is 35.9 Å². The van der Waals surface area contributed by atoms with Crippen molar-refractivity contribution in [2.45, 2.75) is 13.0 Å². The van der Waals surface area contributed by atoms with Crippen molar-refractivity contribution in [1.82, 2.24) is 4.90 Å². The Labute approximate surface area is 161 Å². The normalized spacial score (nSPS) is 12.9. The summed E-state index contributed by atoms with van der Waals surface area (Å²) in [6, 6.07) is 15.6. The van der Waals surface area contributed by atoms with E-state index in [-0.39, 0.29) is 5.91 Å². The van der Waals surface area contributed by atoms with Gasteiger partial charge in [-0.15, -0.1) is 0 Å². The fourth-order valence-electron chi connectivity index (χ4n) is 2.63. The third kappa shape index (κ3) is 6.73. The van der Waals surface area contributed by atoms with Gasteiger partial charge in [-0.25, -0.2) is 9.59 Å². The van der Waals surface area contributed by atoms with Crippen LogP contribution in [-0.2, 0) is 27.3 Å². The summed E-state index contributed by atoms with van der Waals surface area (Å²) in [6.07, 6.45) is 1.00. The number of benzene rings is 2. The lowest BCUT2D eigenvalue weighted by Gasteiger charge is -2.28. The molecule has 0 atom stereocenters. The number of nitrogens with one attached hydrogen (secondary N) is 1. The van der Waals surface area contributed by atoms with E-state index in [0.717, 1.165) is 25.2 Å². The summed E-state index contributed by atoms with van der Waals surface area (Å²) in [5, 5.41) is 18.4. The van der Waals surface area contributed by atoms with Gasteiger partial charge in [0.1, 0.15) is 0 Å². The lowest BCUT2D eigenvalue weighted by molar-refractivity contribution is -0.159. The zero-order chi connectivity index (χ0) is 19.8. The lowest BCUT2D eigenvalue weighted by Crippen LogP contribution is -2.37. The van der Waals surface area contributed by atoms with Crippen molar-refractivity contribution < 1.29 is 24.6 Å². The Morgan fingerprint density at radius 3 is 2.15 bits per heavy atom. The molecule has 0 unspecified atom stereocenters. The smallest absolute Gasteiger partial charge is 0.414 e. The zero-order valence-electron chi connectivity index (χ0n) is 14.4. The minimum absolute atomic E-state index is 0.0108. The molecule has 0 saturated heterocycles. The third-order valence-corrected chi connectivity index (χ3v) is 4.14. The van der Waals surface area contributed by atoms with Crippen molar-refractivity contribution in [3.8, 4) is 0 Å². The second-order valence-electron chi connectivity index (χ2n) is 5.89. The topological polar surface area (TPSA) is 107 Å². The Morgan fingerprint density at radius 1 is 0.963 bits per heavy atom. The maximum atomic E-state index is 12.1. The van der Waals surface area contributed by atoms with Crippen molar-refractivity contribution in [2.75, 3.05) is 18.4 Å². The summed E-state index contributed by atoms with van der Waals surface area (Å²) in [4.78, 5) is 32.5. The number of rotatable bonds is 3. The molecule has 1 aliphatic rings. The molecular weight excluding hydrogens is 372 g/mol. The molecule has 1 heterocycles. The number of amides is 1. The zero-order valence-corrected chi connectivity index (χ0v) is 15.1. The fraction of sp³-hybridized carbons (Fsp3) is 0.211. The molecule has 142 valence electrons. The van der Waals surface area contributed by atoms with Crippen molar-refractivity contribution in [2.24, 2.45) is 0 Å². The Hall–Kier alpha value is -2.90. The van der Waals surface area contributed by atoms with Crippen LogP contribution in [0.5, 0.6) is 0 Å². The molecule has 0 bridgehead atoms. The van der Waals surface area contributed by atoms with Crippen LogP contribution in [0, 0.1) is 0 Å². The molecule has 1 amide bonds. The standard InChI is InChI=1S/C17H17ClN2O.C2H2O4/c18-15-5-7-16(8-6-15)19-17(21)12-20-10-9-13-3-1-2-4-14(13)11-20;3-1(4)2(5)6/h1-8H,9-12H2,(H,19,21);(H,3,4)(H,5,6). The maximum Gasteiger partial charge on any atom is 0.414 e. The molecule has 1 aliphatic heterocycles. The summed E-state index contributed by atoms with van der Waals surface area (Å²) in [5.41, 5.74) is 3.50. The molecule has 27 heavy (non-hydrogen) atoms. The van der Waals surface area contributed by atoms with E-state index < -0.39 is 11.9 Å². The Morgan fingerprint density at radius 2 is 1.56 bits per heavy atom. The van der Waals surface area contributed by atoms with E-state index in [0.29, 0.717) is 11.6 Å². The Bertz CT molecular complexity index is 811.